The van der Waals surface area contributed by atoms with E-state index in [4.69, 9.17) is 15.6 Å². The number of likely N-dealkylation sites (tertiary alicyclic amines) is 1. The molecule has 0 aromatic heterocycles. The van der Waals surface area contributed by atoms with Crippen molar-refractivity contribution in [2.75, 3.05) is 12.3 Å². The second-order valence-corrected chi connectivity index (χ2v) is 4.58. The number of benzene rings is 1. The van der Waals surface area contributed by atoms with Gasteiger partial charge in [-0.15, -0.1) is 0 Å². The van der Waals surface area contributed by atoms with E-state index in [0.717, 1.165) is 12.0 Å². The molecule has 3 N–H and O–H groups in total. The lowest BCUT2D eigenvalue weighted by atomic mass is 10.0. The van der Waals surface area contributed by atoms with Gasteiger partial charge in [0.25, 0.3) is 0 Å². The number of nitrogens with two attached hydrogens (primary N) is 1. The average molecular weight is 234 g/mol. The molecule has 2 aliphatic heterocycles. The van der Waals surface area contributed by atoms with Crippen molar-refractivity contribution < 1.29 is 14.6 Å². The first-order valence-corrected chi connectivity index (χ1v) is 5.65. The van der Waals surface area contributed by atoms with E-state index in [0.29, 0.717) is 12.2 Å². The number of hydrogen-bond acceptors (Lipinski definition) is 3. The summed E-state index contributed by atoms with van der Waals surface area (Å²) in [6.45, 7) is 0.492. The number of morpholine rings is 1. The second-order valence-electron chi connectivity index (χ2n) is 4.58. The molecule has 0 aliphatic carbocycles. The van der Waals surface area contributed by atoms with Gasteiger partial charge in [0.05, 0.1) is 18.7 Å². The lowest BCUT2D eigenvalue weighted by Crippen LogP contribution is -2.42. The third-order valence-electron chi connectivity index (χ3n) is 3.50. The number of hydrogen-bond donors (Lipinski definition) is 2. The predicted molar refractivity (Wildman–Crippen MR) is 61.6 cm³/mol. The van der Waals surface area contributed by atoms with Gasteiger partial charge in [-0.2, -0.15) is 0 Å². The van der Waals surface area contributed by atoms with Crippen molar-refractivity contribution >= 4 is 11.8 Å². The number of rotatable bonds is 1. The fourth-order valence-electron chi connectivity index (χ4n) is 2.72. The van der Waals surface area contributed by atoms with Gasteiger partial charge in [-0.1, -0.05) is 12.1 Å². The van der Waals surface area contributed by atoms with Crippen LogP contribution < -0.4 is 5.73 Å². The Kier molecular flexibility index (Phi) is 2.22. The van der Waals surface area contributed by atoms with Crippen molar-refractivity contribution in [3.05, 3.63) is 29.8 Å². The summed E-state index contributed by atoms with van der Waals surface area (Å²) in [5.74, 6) is 0. The summed E-state index contributed by atoms with van der Waals surface area (Å²) in [7, 11) is 0. The molecule has 0 unspecified atom stereocenters. The van der Waals surface area contributed by atoms with Crippen molar-refractivity contribution in [3.63, 3.8) is 0 Å². The molecule has 0 radical (unpaired) electrons. The van der Waals surface area contributed by atoms with Crippen LogP contribution in [-0.4, -0.2) is 34.8 Å². The standard InChI is InChI=1S/C12H14N2O3/c13-8-3-1-7(2-4-8)11-10-5-9(17-11)6-14(10)12(15)16/h1-4,9-11H,5-6,13H2,(H,15,16)/t9-,10-,11+/m0/s1. The number of carbonyl (C=O) groups is 1. The first-order valence-electron chi connectivity index (χ1n) is 5.65. The minimum Gasteiger partial charge on any atom is -0.465 e. The Labute approximate surface area is 98.8 Å². The topological polar surface area (TPSA) is 75.8 Å². The highest BCUT2D eigenvalue weighted by atomic mass is 16.5. The molecule has 0 saturated carbocycles. The van der Waals surface area contributed by atoms with Crippen LogP contribution in [0.4, 0.5) is 10.5 Å². The van der Waals surface area contributed by atoms with Gasteiger partial charge in [-0.25, -0.2) is 4.79 Å². The van der Waals surface area contributed by atoms with Gasteiger partial charge < -0.3 is 15.6 Å². The second kappa shape index (κ2) is 3.63. The smallest absolute Gasteiger partial charge is 0.407 e. The van der Waals surface area contributed by atoms with Crippen LogP contribution >= 0.6 is 0 Å². The summed E-state index contributed by atoms with van der Waals surface area (Å²) >= 11 is 0. The van der Waals surface area contributed by atoms with Crippen LogP contribution in [0.5, 0.6) is 0 Å². The number of fused-ring (bicyclic) bond motifs is 2. The lowest BCUT2D eigenvalue weighted by Gasteiger charge is -2.31. The van der Waals surface area contributed by atoms with Gasteiger partial charge in [0, 0.05) is 5.69 Å². The van der Waals surface area contributed by atoms with Gasteiger partial charge in [0.2, 0.25) is 0 Å². The van der Waals surface area contributed by atoms with E-state index in [1.165, 1.54) is 4.90 Å². The third kappa shape index (κ3) is 1.63. The molecule has 1 aromatic carbocycles. The highest BCUT2D eigenvalue weighted by Gasteiger charge is 2.48. The summed E-state index contributed by atoms with van der Waals surface area (Å²) < 4.78 is 5.82. The molecule has 2 bridgehead atoms. The zero-order valence-corrected chi connectivity index (χ0v) is 9.24. The van der Waals surface area contributed by atoms with Gasteiger partial charge >= 0.3 is 6.09 Å². The molecule has 3 rings (SSSR count). The zero-order valence-electron chi connectivity index (χ0n) is 9.24. The van der Waals surface area contributed by atoms with Crippen molar-refractivity contribution in [3.8, 4) is 0 Å². The minimum absolute atomic E-state index is 0.0404. The number of anilines is 1. The zero-order chi connectivity index (χ0) is 12.0. The van der Waals surface area contributed by atoms with E-state index in [-0.39, 0.29) is 18.2 Å². The first-order chi connectivity index (χ1) is 8.15. The molecule has 3 atom stereocenters. The maximum Gasteiger partial charge on any atom is 0.407 e. The van der Waals surface area contributed by atoms with Crippen LogP contribution in [0.15, 0.2) is 24.3 Å². The number of nitrogen functional groups attached to an aromatic ring is 1. The van der Waals surface area contributed by atoms with E-state index >= 15 is 0 Å². The molecule has 90 valence electrons. The Bertz CT molecular complexity index is 446. The number of ether oxygens (including phenoxy) is 1. The van der Waals surface area contributed by atoms with Crippen LogP contribution in [0.1, 0.15) is 18.1 Å². The molecule has 0 spiro atoms. The normalized spacial score (nSPS) is 30.8. The van der Waals surface area contributed by atoms with Gasteiger partial charge in [0.1, 0.15) is 6.10 Å². The molecule has 2 aliphatic rings. The number of nitrogens with zero attached hydrogens (tertiary/aromatic N) is 1. The highest BCUT2D eigenvalue weighted by Crippen LogP contribution is 2.42. The van der Waals surface area contributed by atoms with E-state index in [1.807, 2.05) is 24.3 Å². The van der Waals surface area contributed by atoms with Crippen molar-refractivity contribution in [2.45, 2.75) is 24.7 Å². The Balaban J connectivity index is 1.86. The summed E-state index contributed by atoms with van der Waals surface area (Å²) in [5.41, 5.74) is 7.33. The molecular weight excluding hydrogens is 220 g/mol. The number of amides is 1. The van der Waals surface area contributed by atoms with Crippen LogP contribution in [-0.2, 0) is 4.74 Å². The van der Waals surface area contributed by atoms with Crippen molar-refractivity contribution in [2.24, 2.45) is 0 Å². The molecule has 2 saturated heterocycles. The summed E-state index contributed by atoms with van der Waals surface area (Å²) in [5, 5.41) is 9.09. The van der Waals surface area contributed by atoms with Crippen LogP contribution in [0.3, 0.4) is 0 Å². The van der Waals surface area contributed by atoms with Crippen LogP contribution in [0.25, 0.3) is 0 Å². The summed E-state index contributed by atoms with van der Waals surface area (Å²) in [6.07, 6.45) is -0.174. The average Bonchev–Trinajstić information content (AvgIpc) is 2.89. The highest BCUT2D eigenvalue weighted by molar-refractivity contribution is 5.66. The van der Waals surface area contributed by atoms with E-state index in [1.54, 1.807) is 0 Å². The third-order valence-corrected chi connectivity index (χ3v) is 3.50. The predicted octanol–water partition coefficient (Wildman–Crippen LogP) is 1.46. The molecule has 5 heteroatoms. The number of carboxylic acid groups (broad SMARTS) is 1. The molecule has 1 amide bonds. The van der Waals surface area contributed by atoms with Crippen LogP contribution in [0, 0.1) is 0 Å². The van der Waals surface area contributed by atoms with Crippen molar-refractivity contribution in [1.82, 2.24) is 4.90 Å². The quantitative estimate of drug-likeness (QED) is 0.721. The maximum atomic E-state index is 11.1. The van der Waals surface area contributed by atoms with Gasteiger partial charge in [0.15, 0.2) is 0 Å². The molecule has 2 fully saturated rings. The summed E-state index contributed by atoms with van der Waals surface area (Å²) in [4.78, 5) is 12.6. The van der Waals surface area contributed by atoms with Gasteiger partial charge in [-0.3, -0.25) is 4.90 Å². The van der Waals surface area contributed by atoms with Crippen LogP contribution in [0.2, 0.25) is 0 Å². The van der Waals surface area contributed by atoms with Gasteiger partial charge in [-0.05, 0) is 24.1 Å². The summed E-state index contributed by atoms with van der Waals surface area (Å²) in [6, 6.07) is 7.38. The fraction of sp³-hybridized carbons (Fsp3) is 0.417. The molecule has 5 nitrogen and oxygen atoms in total. The maximum absolute atomic E-state index is 11.1. The molecule has 2 heterocycles. The largest absolute Gasteiger partial charge is 0.465 e. The van der Waals surface area contributed by atoms with E-state index < -0.39 is 6.09 Å². The van der Waals surface area contributed by atoms with E-state index in [9.17, 15) is 4.79 Å². The monoisotopic (exact) mass is 234 g/mol. The SMILES string of the molecule is Nc1ccc([C@H]2O[C@H]3C[C@@H]2N(C(=O)O)C3)cc1. The van der Waals surface area contributed by atoms with E-state index in [2.05, 4.69) is 0 Å². The Morgan fingerprint density at radius 2 is 2.12 bits per heavy atom. The Morgan fingerprint density at radius 1 is 1.41 bits per heavy atom. The Hall–Kier alpha value is -1.75. The molecule has 17 heavy (non-hydrogen) atoms. The lowest BCUT2D eigenvalue weighted by molar-refractivity contribution is -0.0287. The first kappa shape index (κ1) is 10.4. The Morgan fingerprint density at radius 3 is 2.71 bits per heavy atom. The minimum atomic E-state index is -0.860. The molecular formula is C12H14N2O3. The fourth-order valence-corrected chi connectivity index (χ4v) is 2.72. The van der Waals surface area contributed by atoms with Crippen molar-refractivity contribution in [1.29, 1.82) is 0 Å². The molecule has 1 aromatic rings.